The van der Waals surface area contributed by atoms with Crippen LogP contribution in [0.15, 0.2) is 53.3 Å². The van der Waals surface area contributed by atoms with E-state index in [2.05, 4.69) is 40.4 Å². The Morgan fingerprint density at radius 3 is 2.81 bits per heavy atom. The maximum atomic E-state index is 12.7. The maximum Gasteiger partial charge on any atom is 0.246 e. The number of hydrogen-bond acceptors (Lipinski definition) is 6. The molecule has 1 saturated heterocycles. The maximum absolute atomic E-state index is 12.7. The van der Waals surface area contributed by atoms with E-state index in [4.69, 9.17) is 4.52 Å². The van der Waals surface area contributed by atoms with Crippen molar-refractivity contribution in [2.75, 3.05) is 11.4 Å². The van der Waals surface area contributed by atoms with Gasteiger partial charge in [0.25, 0.3) is 0 Å². The third kappa shape index (κ3) is 4.47. The number of hydrogen-bond donors (Lipinski definition) is 1. The summed E-state index contributed by atoms with van der Waals surface area (Å²) in [5.41, 5.74) is 2.82. The van der Waals surface area contributed by atoms with Crippen molar-refractivity contribution < 1.29 is 14.1 Å². The largest absolute Gasteiger partial charge is 0.347 e. The second-order valence-corrected chi connectivity index (χ2v) is 7.74. The van der Waals surface area contributed by atoms with Crippen molar-refractivity contribution in [1.82, 2.24) is 20.4 Å². The molecule has 0 saturated carbocycles. The number of rotatable bonds is 7. The van der Waals surface area contributed by atoms with Crippen molar-refractivity contribution in [1.29, 1.82) is 0 Å². The molecule has 2 unspecified atom stereocenters. The van der Waals surface area contributed by atoms with Crippen molar-refractivity contribution >= 4 is 17.5 Å². The molecule has 8 heteroatoms. The van der Waals surface area contributed by atoms with Crippen LogP contribution in [0.5, 0.6) is 0 Å². The van der Waals surface area contributed by atoms with E-state index in [-0.39, 0.29) is 24.8 Å². The highest BCUT2D eigenvalue weighted by molar-refractivity contribution is 6.00. The zero-order chi connectivity index (χ0) is 21.8. The number of nitrogens with zero attached hydrogens (tertiary/aromatic N) is 4. The smallest absolute Gasteiger partial charge is 0.246 e. The van der Waals surface area contributed by atoms with E-state index >= 15 is 0 Å². The van der Waals surface area contributed by atoms with E-state index in [9.17, 15) is 9.59 Å². The van der Waals surface area contributed by atoms with Gasteiger partial charge in [0.2, 0.25) is 23.5 Å². The fourth-order valence-corrected chi connectivity index (χ4v) is 3.74. The van der Waals surface area contributed by atoms with Crippen LogP contribution in [0.3, 0.4) is 0 Å². The van der Waals surface area contributed by atoms with Crippen molar-refractivity contribution in [3.05, 3.63) is 60.2 Å². The standard InChI is InChI=1S/C23H25N5O3/c1-3-15(2)18-6-4-5-7-19(18)28-14-17(12-21(28)29)23(30)25-13-20-26-22(27-31-20)16-8-10-24-11-9-16/h4-11,15,17H,3,12-14H2,1-2H3,(H,25,30). The quantitative estimate of drug-likeness (QED) is 0.630. The van der Waals surface area contributed by atoms with Crippen molar-refractivity contribution in [2.45, 2.75) is 39.2 Å². The van der Waals surface area contributed by atoms with Gasteiger partial charge in [-0.05, 0) is 36.1 Å². The van der Waals surface area contributed by atoms with Gasteiger partial charge in [0.05, 0.1) is 12.5 Å². The first kappa shape index (κ1) is 20.7. The molecule has 0 radical (unpaired) electrons. The van der Waals surface area contributed by atoms with Gasteiger partial charge in [-0.2, -0.15) is 4.98 Å². The topological polar surface area (TPSA) is 101 Å². The van der Waals surface area contributed by atoms with Gasteiger partial charge in [-0.3, -0.25) is 14.6 Å². The van der Waals surface area contributed by atoms with Gasteiger partial charge >= 0.3 is 0 Å². The molecule has 1 N–H and O–H groups in total. The molecule has 8 nitrogen and oxygen atoms in total. The Balaban J connectivity index is 1.39. The summed E-state index contributed by atoms with van der Waals surface area (Å²) in [6.07, 6.45) is 4.46. The highest BCUT2D eigenvalue weighted by atomic mass is 16.5. The van der Waals surface area contributed by atoms with E-state index in [1.165, 1.54) is 0 Å². The first-order valence-corrected chi connectivity index (χ1v) is 10.5. The Morgan fingerprint density at radius 1 is 1.26 bits per heavy atom. The summed E-state index contributed by atoms with van der Waals surface area (Å²) in [7, 11) is 0. The lowest BCUT2D eigenvalue weighted by molar-refractivity contribution is -0.126. The first-order chi connectivity index (χ1) is 15.1. The number of carbonyl (C=O) groups is 2. The van der Waals surface area contributed by atoms with Crippen LogP contribution in [0.25, 0.3) is 11.4 Å². The summed E-state index contributed by atoms with van der Waals surface area (Å²) in [6.45, 7) is 4.75. The van der Waals surface area contributed by atoms with Crippen LogP contribution in [0, 0.1) is 5.92 Å². The third-order valence-electron chi connectivity index (χ3n) is 5.69. The van der Waals surface area contributed by atoms with Gasteiger partial charge in [0.1, 0.15) is 0 Å². The van der Waals surface area contributed by atoms with Crippen LogP contribution in [-0.4, -0.2) is 33.5 Å². The Hall–Kier alpha value is -3.55. The van der Waals surface area contributed by atoms with Gasteiger partial charge in [0, 0.05) is 36.6 Å². The Labute approximate surface area is 180 Å². The molecule has 2 aromatic heterocycles. The average molecular weight is 419 g/mol. The minimum atomic E-state index is -0.417. The summed E-state index contributed by atoms with van der Waals surface area (Å²) in [4.78, 5) is 35.4. The number of amides is 2. The van der Waals surface area contributed by atoms with Crippen molar-refractivity contribution in [3.63, 3.8) is 0 Å². The van der Waals surface area contributed by atoms with Crippen LogP contribution >= 0.6 is 0 Å². The molecule has 2 amide bonds. The number of pyridine rings is 1. The molecule has 31 heavy (non-hydrogen) atoms. The minimum Gasteiger partial charge on any atom is -0.347 e. The molecule has 1 aliphatic rings. The van der Waals surface area contributed by atoms with Gasteiger partial charge in [-0.15, -0.1) is 0 Å². The van der Waals surface area contributed by atoms with E-state index in [0.29, 0.717) is 24.2 Å². The number of aromatic nitrogens is 3. The highest BCUT2D eigenvalue weighted by Gasteiger charge is 2.36. The molecule has 1 aromatic carbocycles. The zero-order valence-corrected chi connectivity index (χ0v) is 17.6. The molecule has 3 aromatic rings. The lowest BCUT2D eigenvalue weighted by Gasteiger charge is -2.23. The van der Waals surface area contributed by atoms with Gasteiger partial charge in [0.15, 0.2) is 0 Å². The summed E-state index contributed by atoms with van der Waals surface area (Å²) < 4.78 is 5.22. The number of nitrogens with one attached hydrogen (secondary N) is 1. The predicted octanol–water partition coefficient (Wildman–Crippen LogP) is 3.31. The highest BCUT2D eigenvalue weighted by Crippen LogP contribution is 2.33. The molecule has 1 fully saturated rings. The van der Waals surface area contributed by atoms with E-state index in [1.807, 2.05) is 18.2 Å². The van der Waals surface area contributed by atoms with E-state index in [0.717, 1.165) is 23.2 Å². The summed E-state index contributed by atoms with van der Waals surface area (Å²) in [6, 6.07) is 11.5. The second-order valence-electron chi connectivity index (χ2n) is 7.74. The fraction of sp³-hybridized carbons (Fsp3) is 0.348. The molecule has 0 bridgehead atoms. The SMILES string of the molecule is CCC(C)c1ccccc1N1CC(C(=O)NCc2nc(-c3ccncc3)no2)CC1=O. The Morgan fingerprint density at radius 2 is 2.03 bits per heavy atom. The van der Waals surface area contributed by atoms with Crippen LogP contribution in [-0.2, 0) is 16.1 Å². The van der Waals surface area contributed by atoms with Gasteiger partial charge in [-0.1, -0.05) is 37.2 Å². The van der Waals surface area contributed by atoms with E-state index in [1.54, 1.807) is 29.4 Å². The zero-order valence-electron chi connectivity index (χ0n) is 17.6. The first-order valence-electron chi connectivity index (χ1n) is 10.5. The van der Waals surface area contributed by atoms with Crippen LogP contribution in [0.4, 0.5) is 5.69 Å². The summed E-state index contributed by atoms with van der Waals surface area (Å²) in [5, 5.41) is 6.75. The molecule has 0 aliphatic carbocycles. The molecule has 160 valence electrons. The number of anilines is 1. The lowest BCUT2D eigenvalue weighted by atomic mass is 9.96. The van der Waals surface area contributed by atoms with E-state index < -0.39 is 5.92 Å². The second kappa shape index (κ2) is 9.07. The third-order valence-corrected chi connectivity index (χ3v) is 5.69. The molecular formula is C23H25N5O3. The molecule has 1 aliphatic heterocycles. The number of benzene rings is 1. The average Bonchev–Trinajstić information content (AvgIpc) is 3.44. The lowest BCUT2D eigenvalue weighted by Crippen LogP contribution is -2.33. The Kier molecular flexibility index (Phi) is 6.06. The van der Waals surface area contributed by atoms with Crippen molar-refractivity contribution in [3.8, 4) is 11.4 Å². The van der Waals surface area contributed by atoms with Crippen molar-refractivity contribution in [2.24, 2.45) is 5.92 Å². The molecular weight excluding hydrogens is 394 g/mol. The number of para-hydroxylation sites is 1. The monoisotopic (exact) mass is 419 g/mol. The molecule has 4 rings (SSSR count). The molecule has 0 spiro atoms. The Bertz CT molecular complexity index is 1070. The van der Waals surface area contributed by atoms with Crippen LogP contribution < -0.4 is 10.2 Å². The number of carbonyl (C=O) groups excluding carboxylic acids is 2. The van der Waals surface area contributed by atoms with Gasteiger partial charge < -0.3 is 14.7 Å². The summed E-state index contributed by atoms with van der Waals surface area (Å²) in [5.74, 6) is 0.442. The normalized spacial score (nSPS) is 17.0. The summed E-state index contributed by atoms with van der Waals surface area (Å²) >= 11 is 0. The van der Waals surface area contributed by atoms with Crippen LogP contribution in [0.1, 0.15) is 44.1 Å². The molecule has 2 atom stereocenters. The predicted molar refractivity (Wildman–Crippen MR) is 115 cm³/mol. The fourth-order valence-electron chi connectivity index (χ4n) is 3.74. The molecule has 3 heterocycles. The van der Waals surface area contributed by atoms with Gasteiger partial charge in [-0.25, -0.2) is 0 Å². The minimum absolute atomic E-state index is 0.0336. The van der Waals surface area contributed by atoms with Crippen LogP contribution in [0.2, 0.25) is 0 Å².